The van der Waals surface area contributed by atoms with Gasteiger partial charge in [0.2, 0.25) is 0 Å². The molecule has 0 radical (unpaired) electrons. The first-order chi connectivity index (χ1) is 7.88. The maximum Gasteiger partial charge on any atom is 0.0940 e. The van der Waals surface area contributed by atoms with E-state index in [-0.39, 0.29) is 0 Å². The number of hydrogen-bond acceptors (Lipinski definition) is 3. The first-order valence-corrected chi connectivity index (χ1v) is 7.38. The highest BCUT2D eigenvalue weighted by Gasteiger charge is 2.22. The van der Waals surface area contributed by atoms with Crippen LogP contribution in [0.15, 0.2) is 11.6 Å². The lowest BCUT2D eigenvalue weighted by molar-refractivity contribution is 0.259. The summed E-state index contributed by atoms with van der Waals surface area (Å²) in [6, 6.07) is 0.649. The topological polar surface area (TPSA) is 24.9 Å². The van der Waals surface area contributed by atoms with E-state index in [0.29, 0.717) is 6.04 Å². The first-order valence-electron chi connectivity index (χ1n) is 6.50. The summed E-state index contributed by atoms with van der Waals surface area (Å²) in [5.74, 6) is 0.981. The molecule has 0 saturated heterocycles. The molecule has 1 aliphatic carbocycles. The monoisotopic (exact) mass is 238 g/mol. The number of nitrogens with zero attached hydrogens (tertiary/aromatic N) is 1. The number of nitrogens with one attached hydrogen (secondary N) is 1. The molecule has 0 bridgehead atoms. The molecule has 0 amide bonds. The molecule has 1 N–H and O–H groups in total. The van der Waals surface area contributed by atoms with Crippen molar-refractivity contribution in [2.24, 2.45) is 5.92 Å². The van der Waals surface area contributed by atoms with E-state index in [9.17, 15) is 0 Å². The Hall–Kier alpha value is -0.410. The minimum atomic E-state index is 0.649. The van der Waals surface area contributed by atoms with Gasteiger partial charge in [0, 0.05) is 24.0 Å². The van der Waals surface area contributed by atoms with E-state index in [4.69, 9.17) is 0 Å². The standard InChI is InChI=1S/C13H22N2S/c1-2-6-14-12(9-11-4-3-5-11)10-13-15-7-8-16-13/h7-8,11-12,14H,2-6,9-10H2,1H3. The van der Waals surface area contributed by atoms with Gasteiger partial charge >= 0.3 is 0 Å². The van der Waals surface area contributed by atoms with Crippen LogP contribution in [0.1, 0.15) is 44.0 Å². The highest BCUT2D eigenvalue weighted by Crippen LogP contribution is 2.31. The van der Waals surface area contributed by atoms with Gasteiger partial charge in [-0.2, -0.15) is 0 Å². The Labute approximate surface area is 102 Å². The normalized spacial score (nSPS) is 18.3. The third-order valence-electron chi connectivity index (χ3n) is 3.43. The van der Waals surface area contributed by atoms with Gasteiger partial charge in [-0.25, -0.2) is 4.98 Å². The second-order valence-electron chi connectivity index (χ2n) is 4.81. The minimum absolute atomic E-state index is 0.649. The molecule has 16 heavy (non-hydrogen) atoms. The summed E-state index contributed by atoms with van der Waals surface area (Å²) in [5, 5.41) is 7.04. The molecular weight excluding hydrogens is 216 g/mol. The van der Waals surface area contributed by atoms with Crippen LogP contribution in [0, 0.1) is 5.92 Å². The van der Waals surface area contributed by atoms with Crippen LogP contribution in [0.2, 0.25) is 0 Å². The van der Waals surface area contributed by atoms with Crippen molar-refractivity contribution in [1.82, 2.24) is 10.3 Å². The second-order valence-corrected chi connectivity index (χ2v) is 5.79. The molecule has 0 aliphatic heterocycles. The first kappa shape index (κ1) is 12.1. The smallest absolute Gasteiger partial charge is 0.0940 e. The van der Waals surface area contributed by atoms with Gasteiger partial charge in [-0.3, -0.25) is 0 Å². The Balaban J connectivity index is 1.80. The average molecular weight is 238 g/mol. The minimum Gasteiger partial charge on any atom is -0.314 e. The van der Waals surface area contributed by atoms with E-state index >= 15 is 0 Å². The lowest BCUT2D eigenvalue weighted by Gasteiger charge is -2.30. The van der Waals surface area contributed by atoms with Crippen LogP contribution in [0.5, 0.6) is 0 Å². The molecule has 2 rings (SSSR count). The van der Waals surface area contributed by atoms with Crippen LogP contribution in [-0.2, 0) is 6.42 Å². The summed E-state index contributed by atoms with van der Waals surface area (Å²) >= 11 is 1.79. The molecule has 1 saturated carbocycles. The fraction of sp³-hybridized carbons (Fsp3) is 0.769. The van der Waals surface area contributed by atoms with E-state index in [0.717, 1.165) is 18.9 Å². The molecular formula is C13H22N2S. The molecule has 1 aromatic rings. The summed E-state index contributed by atoms with van der Waals surface area (Å²) in [5.41, 5.74) is 0. The van der Waals surface area contributed by atoms with Crippen molar-refractivity contribution in [3.63, 3.8) is 0 Å². The van der Waals surface area contributed by atoms with Gasteiger partial charge in [-0.1, -0.05) is 26.2 Å². The van der Waals surface area contributed by atoms with Gasteiger partial charge in [0.05, 0.1) is 5.01 Å². The summed E-state index contributed by atoms with van der Waals surface area (Å²) in [4.78, 5) is 4.39. The van der Waals surface area contributed by atoms with Crippen molar-refractivity contribution >= 4 is 11.3 Å². The van der Waals surface area contributed by atoms with E-state index in [1.165, 1.54) is 37.1 Å². The Morgan fingerprint density at radius 2 is 2.44 bits per heavy atom. The van der Waals surface area contributed by atoms with Crippen molar-refractivity contribution in [3.8, 4) is 0 Å². The third-order valence-corrected chi connectivity index (χ3v) is 4.23. The zero-order valence-corrected chi connectivity index (χ0v) is 10.9. The Kier molecular flexibility index (Phi) is 4.79. The SMILES string of the molecule is CCCNC(Cc1nccs1)CC1CCC1. The number of hydrogen-bond donors (Lipinski definition) is 1. The predicted octanol–water partition coefficient (Wildman–Crippen LogP) is 3.24. The average Bonchev–Trinajstić information content (AvgIpc) is 2.72. The van der Waals surface area contributed by atoms with E-state index in [1.54, 1.807) is 11.3 Å². The van der Waals surface area contributed by atoms with Crippen LogP contribution in [0.3, 0.4) is 0 Å². The molecule has 1 heterocycles. The molecule has 0 aromatic carbocycles. The van der Waals surface area contributed by atoms with Crippen molar-refractivity contribution in [3.05, 3.63) is 16.6 Å². The molecule has 1 aliphatic rings. The van der Waals surface area contributed by atoms with Crippen molar-refractivity contribution in [2.75, 3.05) is 6.54 Å². The van der Waals surface area contributed by atoms with E-state index in [1.807, 2.05) is 6.20 Å². The van der Waals surface area contributed by atoms with Gasteiger partial charge in [-0.15, -0.1) is 11.3 Å². The molecule has 0 spiro atoms. The van der Waals surface area contributed by atoms with Crippen LogP contribution >= 0.6 is 11.3 Å². The van der Waals surface area contributed by atoms with Crippen LogP contribution in [-0.4, -0.2) is 17.6 Å². The quantitative estimate of drug-likeness (QED) is 0.789. The van der Waals surface area contributed by atoms with Gasteiger partial charge in [0.15, 0.2) is 0 Å². The van der Waals surface area contributed by atoms with Crippen molar-refractivity contribution < 1.29 is 0 Å². The molecule has 1 atom stereocenters. The lowest BCUT2D eigenvalue weighted by atomic mass is 9.80. The highest BCUT2D eigenvalue weighted by atomic mass is 32.1. The van der Waals surface area contributed by atoms with Crippen molar-refractivity contribution in [1.29, 1.82) is 0 Å². The molecule has 2 nitrogen and oxygen atoms in total. The zero-order valence-electron chi connectivity index (χ0n) is 10.1. The fourth-order valence-electron chi connectivity index (χ4n) is 2.28. The third kappa shape index (κ3) is 3.56. The van der Waals surface area contributed by atoms with Gasteiger partial charge in [0.1, 0.15) is 0 Å². The Bertz CT molecular complexity index is 280. The van der Waals surface area contributed by atoms with Crippen LogP contribution in [0.4, 0.5) is 0 Å². The van der Waals surface area contributed by atoms with Gasteiger partial charge < -0.3 is 5.32 Å². The maximum atomic E-state index is 4.39. The molecule has 1 unspecified atom stereocenters. The fourth-order valence-corrected chi connectivity index (χ4v) is 2.98. The Morgan fingerprint density at radius 1 is 1.56 bits per heavy atom. The van der Waals surface area contributed by atoms with E-state index in [2.05, 4.69) is 22.6 Å². The maximum absolute atomic E-state index is 4.39. The van der Waals surface area contributed by atoms with Crippen LogP contribution < -0.4 is 5.32 Å². The number of rotatable bonds is 7. The van der Waals surface area contributed by atoms with Crippen molar-refractivity contribution in [2.45, 2.75) is 51.5 Å². The predicted molar refractivity (Wildman–Crippen MR) is 69.9 cm³/mol. The van der Waals surface area contributed by atoms with Gasteiger partial charge in [-0.05, 0) is 25.3 Å². The molecule has 3 heteroatoms. The molecule has 1 aromatic heterocycles. The lowest BCUT2D eigenvalue weighted by Crippen LogP contribution is -2.35. The van der Waals surface area contributed by atoms with E-state index < -0.39 is 0 Å². The summed E-state index contributed by atoms with van der Waals surface area (Å²) < 4.78 is 0. The van der Waals surface area contributed by atoms with Gasteiger partial charge in [0.25, 0.3) is 0 Å². The summed E-state index contributed by atoms with van der Waals surface area (Å²) in [6.45, 7) is 3.37. The summed E-state index contributed by atoms with van der Waals surface area (Å²) in [6.07, 6.45) is 9.94. The summed E-state index contributed by atoms with van der Waals surface area (Å²) in [7, 11) is 0. The Morgan fingerprint density at radius 3 is 3.00 bits per heavy atom. The molecule has 1 fully saturated rings. The second kappa shape index (κ2) is 6.36. The number of thiazole rings is 1. The zero-order chi connectivity index (χ0) is 11.2. The largest absolute Gasteiger partial charge is 0.314 e. The molecule has 90 valence electrons. The van der Waals surface area contributed by atoms with Crippen LogP contribution in [0.25, 0.3) is 0 Å². The highest BCUT2D eigenvalue weighted by molar-refractivity contribution is 7.09. The number of aromatic nitrogens is 1.